The lowest BCUT2D eigenvalue weighted by Gasteiger charge is -2.34. The Morgan fingerprint density at radius 2 is 1.29 bits per heavy atom. The van der Waals surface area contributed by atoms with Crippen LogP contribution in [-0.2, 0) is 32.6 Å². The van der Waals surface area contributed by atoms with E-state index in [4.69, 9.17) is 4.74 Å². The summed E-state index contributed by atoms with van der Waals surface area (Å²) in [5, 5.41) is 3.21. The van der Waals surface area contributed by atoms with Crippen molar-refractivity contribution >= 4 is 43.5 Å². The van der Waals surface area contributed by atoms with Gasteiger partial charge in [-0.3, -0.25) is 13.9 Å². The fourth-order valence-electron chi connectivity index (χ4n) is 6.26. The van der Waals surface area contributed by atoms with Crippen molar-refractivity contribution in [3.8, 4) is 11.5 Å². The molecule has 8 nitrogen and oxygen atoms in total. The van der Waals surface area contributed by atoms with E-state index in [0.717, 1.165) is 45.6 Å². The van der Waals surface area contributed by atoms with E-state index in [2.05, 4.69) is 21.2 Å². The number of hydrogen-bond donors (Lipinski definition) is 1. The second kappa shape index (κ2) is 16.9. The largest absolute Gasteiger partial charge is 0.457 e. The maximum Gasteiger partial charge on any atom is 0.264 e. The SMILES string of the molecule is O=C(NC1CCCC1)C(Cc1ccccc1)N(Cc1ccc(Br)cc1)C(=O)CN(c1ccc(Oc2ccccc2)cc1)S(=O)(=O)c1ccccc1. The highest BCUT2D eigenvalue weighted by Crippen LogP contribution is 2.29. The molecule has 10 heteroatoms. The van der Waals surface area contributed by atoms with Crippen LogP contribution in [0.25, 0.3) is 0 Å². The molecule has 1 aliphatic carbocycles. The fourth-order valence-corrected chi connectivity index (χ4v) is 7.96. The lowest BCUT2D eigenvalue weighted by Crippen LogP contribution is -2.54. The Balaban J connectivity index is 1.37. The molecule has 2 amide bonds. The summed E-state index contributed by atoms with van der Waals surface area (Å²) in [6, 6.07) is 40.2. The van der Waals surface area contributed by atoms with Gasteiger partial charge in [-0.05, 0) is 84.6 Å². The summed E-state index contributed by atoms with van der Waals surface area (Å²) in [6.45, 7) is -0.431. The van der Waals surface area contributed by atoms with Gasteiger partial charge in [0, 0.05) is 23.5 Å². The number of benzene rings is 5. The highest BCUT2D eigenvalue weighted by Gasteiger charge is 2.35. The molecule has 1 saturated carbocycles. The maximum absolute atomic E-state index is 14.8. The van der Waals surface area contributed by atoms with Crippen molar-refractivity contribution in [1.29, 1.82) is 0 Å². The molecular weight excluding hydrogens is 726 g/mol. The van der Waals surface area contributed by atoms with E-state index >= 15 is 0 Å². The molecule has 5 aromatic carbocycles. The number of halogens is 1. The van der Waals surface area contributed by atoms with E-state index in [9.17, 15) is 18.0 Å². The van der Waals surface area contributed by atoms with Crippen molar-refractivity contribution in [2.45, 2.75) is 55.6 Å². The van der Waals surface area contributed by atoms with Crippen LogP contribution in [0.5, 0.6) is 11.5 Å². The van der Waals surface area contributed by atoms with Crippen molar-refractivity contribution in [2.75, 3.05) is 10.8 Å². The Bertz CT molecular complexity index is 1990. The van der Waals surface area contributed by atoms with Crippen LogP contribution in [0.15, 0.2) is 149 Å². The molecule has 1 unspecified atom stereocenters. The topological polar surface area (TPSA) is 96.0 Å². The molecule has 0 heterocycles. The molecule has 0 saturated heterocycles. The Hall–Kier alpha value is -4.93. The van der Waals surface area contributed by atoms with Crippen LogP contribution in [0.1, 0.15) is 36.8 Å². The van der Waals surface area contributed by atoms with Crippen LogP contribution in [0.4, 0.5) is 5.69 Å². The van der Waals surface area contributed by atoms with E-state index < -0.39 is 28.5 Å². The molecule has 0 aliphatic heterocycles. The summed E-state index contributed by atoms with van der Waals surface area (Å²) in [6.07, 6.45) is 4.11. The molecule has 0 spiro atoms. The average Bonchev–Trinajstić information content (AvgIpc) is 3.67. The number of ether oxygens (including phenoxy) is 1. The van der Waals surface area contributed by atoms with Gasteiger partial charge in [0.25, 0.3) is 10.0 Å². The van der Waals surface area contributed by atoms with Gasteiger partial charge in [0.2, 0.25) is 11.8 Å². The monoisotopic (exact) mass is 765 g/mol. The standard InChI is InChI=1S/C41H40BrN3O5S/c42-33-22-20-32(21-23-33)29-44(39(28-31-12-4-1-5-13-31)41(47)43-34-14-10-11-15-34)40(46)30-45(51(48,49)38-18-8-3-9-19-38)35-24-26-37(27-25-35)50-36-16-6-2-7-17-36/h1-9,12-13,16-27,34,39H,10-11,14-15,28-30H2,(H,43,47). The van der Waals surface area contributed by atoms with Crippen LogP contribution in [0.3, 0.4) is 0 Å². The first-order chi connectivity index (χ1) is 24.8. The Morgan fingerprint density at radius 1 is 0.725 bits per heavy atom. The lowest BCUT2D eigenvalue weighted by molar-refractivity contribution is -0.140. The van der Waals surface area contributed by atoms with Crippen molar-refractivity contribution < 1.29 is 22.7 Å². The Kier molecular flexibility index (Phi) is 11.9. The number of para-hydroxylation sites is 1. The van der Waals surface area contributed by atoms with Gasteiger partial charge in [0.05, 0.1) is 10.6 Å². The highest BCUT2D eigenvalue weighted by molar-refractivity contribution is 9.10. The minimum absolute atomic E-state index is 0.0342. The smallest absolute Gasteiger partial charge is 0.264 e. The second-order valence-electron chi connectivity index (χ2n) is 12.6. The van der Waals surface area contributed by atoms with Gasteiger partial charge < -0.3 is 15.0 Å². The summed E-state index contributed by atoms with van der Waals surface area (Å²) < 4.78 is 36.6. The summed E-state index contributed by atoms with van der Waals surface area (Å²) in [4.78, 5) is 30.5. The second-order valence-corrected chi connectivity index (χ2v) is 15.4. The van der Waals surface area contributed by atoms with Gasteiger partial charge in [0.15, 0.2) is 0 Å². The van der Waals surface area contributed by atoms with Gasteiger partial charge >= 0.3 is 0 Å². The zero-order valence-corrected chi connectivity index (χ0v) is 30.5. The third-order valence-corrected chi connectivity index (χ3v) is 11.3. The van der Waals surface area contributed by atoms with Crippen LogP contribution < -0.4 is 14.4 Å². The predicted molar refractivity (Wildman–Crippen MR) is 203 cm³/mol. The molecule has 51 heavy (non-hydrogen) atoms. The summed E-state index contributed by atoms with van der Waals surface area (Å²) >= 11 is 3.48. The third-order valence-electron chi connectivity index (χ3n) is 8.95. The average molecular weight is 767 g/mol. The fraction of sp³-hybridized carbons (Fsp3) is 0.220. The number of rotatable bonds is 14. The van der Waals surface area contributed by atoms with Crippen LogP contribution >= 0.6 is 15.9 Å². The van der Waals surface area contributed by atoms with Gasteiger partial charge in [-0.15, -0.1) is 0 Å². The minimum Gasteiger partial charge on any atom is -0.457 e. The molecule has 1 fully saturated rings. The number of nitrogens with zero attached hydrogens (tertiary/aromatic N) is 2. The molecule has 0 aromatic heterocycles. The quantitative estimate of drug-likeness (QED) is 0.123. The van der Waals surface area contributed by atoms with Gasteiger partial charge in [0.1, 0.15) is 24.1 Å². The Labute approximate surface area is 308 Å². The van der Waals surface area contributed by atoms with Gasteiger partial charge in [-0.1, -0.05) is 108 Å². The Morgan fingerprint density at radius 3 is 1.92 bits per heavy atom. The third kappa shape index (κ3) is 9.45. The molecule has 0 radical (unpaired) electrons. The summed E-state index contributed by atoms with van der Waals surface area (Å²) in [5.74, 6) is 0.385. The summed E-state index contributed by atoms with van der Waals surface area (Å²) in [5.41, 5.74) is 1.98. The normalized spacial score (nSPS) is 13.7. The number of anilines is 1. The van der Waals surface area contributed by atoms with Gasteiger partial charge in [-0.2, -0.15) is 0 Å². The number of sulfonamides is 1. The van der Waals surface area contributed by atoms with Crippen LogP contribution in [-0.4, -0.2) is 43.8 Å². The number of nitrogens with one attached hydrogen (secondary N) is 1. The first kappa shape index (κ1) is 35.9. The van der Waals surface area contributed by atoms with Crippen molar-refractivity contribution in [3.05, 3.63) is 155 Å². The molecule has 262 valence electrons. The lowest BCUT2D eigenvalue weighted by atomic mass is 10.0. The molecule has 1 aliphatic rings. The molecule has 1 N–H and O–H groups in total. The number of amides is 2. The van der Waals surface area contributed by atoms with Gasteiger partial charge in [-0.25, -0.2) is 8.42 Å². The first-order valence-electron chi connectivity index (χ1n) is 17.1. The van der Waals surface area contributed by atoms with Crippen molar-refractivity contribution in [3.63, 3.8) is 0 Å². The molecule has 6 rings (SSSR count). The highest BCUT2D eigenvalue weighted by atomic mass is 79.9. The van der Waals surface area contributed by atoms with E-state index in [1.165, 1.54) is 17.0 Å². The first-order valence-corrected chi connectivity index (χ1v) is 19.3. The number of carbonyl (C=O) groups excluding carboxylic acids is 2. The molecule has 0 bridgehead atoms. The van der Waals surface area contributed by atoms with E-state index in [1.807, 2.05) is 84.9 Å². The number of hydrogen-bond acceptors (Lipinski definition) is 5. The number of carbonyl (C=O) groups is 2. The molecular formula is C41H40BrN3O5S. The van der Waals surface area contributed by atoms with Crippen LogP contribution in [0, 0.1) is 0 Å². The van der Waals surface area contributed by atoms with Crippen LogP contribution in [0.2, 0.25) is 0 Å². The zero-order valence-electron chi connectivity index (χ0n) is 28.1. The summed E-state index contributed by atoms with van der Waals surface area (Å²) in [7, 11) is -4.22. The van der Waals surface area contributed by atoms with E-state index in [0.29, 0.717) is 11.5 Å². The molecule has 5 aromatic rings. The minimum atomic E-state index is -4.22. The predicted octanol–water partition coefficient (Wildman–Crippen LogP) is 8.14. The van der Waals surface area contributed by atoms with E-state index in [-0.39, 0.29) is 35.5 Å². The van der Waals surface area contributed by atoms with E-state index in [1.54, 1.807) is 42.5 Å². The van der Waals surface area contributed by atoms with Crippen molar-refractivity contribution in [1.82, 2.24) is 10.2 Å². The zero-order chi connectivity index (χ0) is 35.6. The molecule has 1 atom stereocenters. The maximum atomic E-state index is 14.8. The van der Waals surface area contributed by atoms with Crippen molar-refractivity contribution in [2.24, 2.45) is 0 Å².